The number of methoxy groups -OCH3 is 1. The van der Waals surface area contributed by atoms with Gasteiger partial charge in [0, 0.05) is 29.2 Å². The highest BCUT2D eigenvalue weighted by molar-refractivity contribution is 6.43. The number of carbonyl (C=O) groups excluding carboxylic acids is 2. The third kappa shape index (κ3) is 3.76. The molecule has 1 fully saturated rings. The van der Waals surface area contributed by atoms with Gasteiger partial charge in [-0.2, -0.15) is 0 Å². The molecule has 0 unspecified atom stereocenters. The summed E-state index contributed by atoms with van der Waals surface area (Å²) >= 11 is 0. The van der Waals surface area contributed by atoms with Gasteiger partial charge in [-0.05, 0) is 34.9 Å². The molecular weight excluding hydrogens is 418 g/mol. The SMILES string of the molecule is COc1ccc2c(c1)c(/C(O)=C1\COC(=O)C1=O)cn2Cc1ccc(-c2ccccc2)cc1. The molecule has 164 valence electrons. The van der Waals surface area contributed by atoms with Crippen molar-refractivity contribution in [1.29, 1.82) is 0 Å². The fourth-order valence-corrected chi connectivity index (χ4v) is 4.08. The van der Waals surface area contributed by atoms with E-state index in [-0.39, 0.29) is 17.9 Å². The van der Waals surface area contributed by atoms with Crippen molar-refractivity contribution in [3.63, 3.8) is 0 Å². The highest BCUT2D eigenvalue weighted by atomic mass is 16.5. The zero-order valence-electron chi connectivity index (χ0n) is 17.9. The van der Waals surface area contributed by atoms with Gasteiger partial charge in [-0.25, -0.2) is 4.79 Å². The lowest BCUT2D eigenvalue weighted by Crippen LogP contribution is -2.08. The van der Waals surface area contributed by atoms with E-state index >= 15 is 0 Å². The molecule has 3 aromatic carbocycles. The van der Waals surface area contributed by atoms with E-state index < -0.39 is 11.8 Å². The minimum atomic E-state index is -0.948. The van der Waals surface area contributed by atoms with E-state index in [9.17, 15) is 14.7 Å². The van der Waals surface area contributed by atoms with Gasteiger partial charge in [0.1, 0.15) is 18.1 Å². The van der Waals surface area contributed by atoms with Crippen LogP contribution in [0.25, 0.3) is 27.8 Å². The third-order valence-corrected chi connectivity index (χ3v) is 5.85. The van der Waals surface area contributed by atoms with Crippen LogP contribution in [0.5, 0.6) is 5.75 Å². The van der Waals surface area contributed by atoms with Crippen molar-refractivity contribution < 1.29 is 24.2 Å². The molecule has 0 atom stereocenters. The topological polar surface area (TPSA) is 77.8 Å². The van der Waals surface area contributed by atoms with Crippen molar-refractivity contribution in [2.24, 2.45) is 0 Å². The third-order valence-electron chi connectivity index (χ3n) is 5.85. The van der Waals surface area contributed by atoms with E-state index in [2.05, 4.69) is 36.4 Å². The van der Waals surface area contributed by atoms with E-state index in [1.54, 1.807) is 19.4 Å². The van der Waals surface area contributed by atoms with Crippen molar-refractivity contribution in [2.75, 3.05) is 13.7 Å². The number of aliphatic hydroxyl groups is 1. The maximum absolute atomic E-state index is 12.1. The maximum atomic E-state index is 12.1. The number of cyclic esters (lactones) is 1. The standard InChI is InChI=1S/C27H21NO5/c1-32-20-11-12-24-21(13-20)22(25(29)23-16-33-27(31)26(23)30)15-28(24)14-17-7-9-19(10-8-17)18-5-3-2-4-6-18/h2-13,15,29H,14,16H2,1H3/b25-23-. The summed E-state index contributed by atoms with van der Waals surface area (Å²) in [5.41, 5.74) is 4.65. The number of fused-ring (bicyclic) bond motifs is 1. The first-order valence-corrected chi connectivity index (χ1v) is 10.5. The van der Waals surface area contributed by atoms with Gasteiger partial charge in [0.2, 0.25) is 0 Å². The molecule has 5 rings (SSSR count). The molecule has 0 bridgehead atoms. The number of esters is 1. The molecule has 1 N–H and O–H groups in total. The molecule has 1 saturated heterocycles. The monoisotopic (exact) mass is 439 g/mol. The molecule has 6 heteroatoms. The number of ketones is 1. The Hall–Kier alpha value is -4.32. The van der Waals surface area contributed by atoms with E-state index in [4.69, 9.17) is 9.47 Å². The average molecular weight is 439 g/mol. The summed E-state index contributed by atoms with van der Waals surface area (Å²) in [6.45, 7) is 0.324. The number of nitrogens with zero attached hydrogens (tertiary/aromatic N) is 1. The van der Waals surface area contributed by atoms with Crippen molar-refractivity contribution in [3.05, 3.63) is 95.7 Å². The van der Waals surface area contributed by atoms with Crippen molar-refractivity contribution in [1.82, 2.24) is 4.57 Å². The molecule has 1 aliphatic heterocycles. The molecule has 1 aromatic heterocycles. The number of rotatable bonds is 5. The molecular formula is C27H21NO5. The minimum Gasteiger partial charge on any atom is -0.507 e. The largest absolute Gasteiger partial charge is 0.507 e. The Morgan fingerprint density at radius 3 is 2.39 bits per heavy atom. The van der Waals surface area contributed by atoms with Gasteiger partial charge in [-0.1, -0.05) is 54.6 Å². The zero-order valence-corrected chi connectivity index (χ0v) is 17.9. The number of hydrogen-bond acceptors (Lipinski definition) is 5. The Kier molecular flexibility index (Phi) is 5.18. The normalized spacial score (nSPS) is 15.1. The first-order valence-electron chi connectivity index (χ1n) is 10.5. The van der Waals surface area contributed by atoms with Crippen LogP contribution in [0.3, 0.4) is 0 Å². The van der Waals surface area contributed by atoms with E-state index in [0.29, 0.717) is 23.2 Å². The zero-order chi connectivity index (χ0) is 22.9. The predicted octanol–water partition coefficient (Wildman–Crippen LogP) is 4.76. The molecule has 0 aliphatic carbocycles. The van der Waals surface area contributed by atoms with Crippen molar-refractivity contribution in [2.45, 2.75) is 6.54 Å². The smallest absolute Gasteiger partial charge is 0.379 e. The minimum absolute atomic E-state index is 0.0333. The summed E-state index contributed by atoms with van der Waals surface area (Å²) in [4.78, 5) is 23.6. The Balaban J connectivity index is 1.55. The van der Waals surface area contributed by atoms with Gasteiger partial charge in [-0.3, -0.25) is 4.79 Å². The first-order chi connectivity index (χ1) is 16.0. The van der Waals surface area contributed by atoms with Crippen LogP contribution in [0, 0.1) is 0 Å². The van der Waals surface area contributed by atoms with Crippen LogP contribution < -0.4 is 4.74 Å². The van der Waals surface area contributed by atoms with Crippen molar-refractivity contribution in [3.8, 4) is 16.9 Å². The van der Waals surface area contributed by atoms with Gasteiger partial charge in [0.25, 0.3) is 5.78 Å². The van der Waals surface area contributed by atoms with Crippen LogP contribution in [0.4, 0.5) is 0 Å². The summed E-state index contributed by atoms with van der Waals surface area (Å²) in [5, 5.41) is 11.6. The Bertz CT molecular complexity index is 1400. The van der Waals surface area contributed by atoms with Gasteiger partial charge >= 0.3 is 5.97 Å². The maximum Gasteiger partial charge on any atom is 0.379 e. The second kappa shape index (κ2) is 8.31. The summed E-state index contributed by atoms with van der Waals surface area (Å²) in [5.74, 6) is -1.39. The Morgan fingerprint density at radius 1 is 1.00 bits per heavy atom. The molecule has 6 nitrogen and oxygen atoms in total. The van der Waals surface area contributed by atoms with Gasteiger partial charge in [-0.15, -0.1) is 0 Å². The molecule has 1 aliphatic rings. The quantitative estimate of drug-likeness (QED) is 0.210. The van der Waals surface area contributed by atoms with E-state index in [1.165, 1.54) is 0 Å². The number of aromatic nitrogens is 1. The number of ether oxygens (including phenoxy) is 2. The lowest BCUT2D eigenvalue weighted by atomic mass is 10.0. The Morgan fingerprint density at radius 2 is 1.73 bits per heavy atom. The summed E-state index contributed by atoms with van der Waals surface area (Å²) < 4.78 is 12.1. The van der Waals surface area contributed by atoms with Crippen LogP contribution in [0.15, 0.2) is 84.6 Å². The molecule has 0 radical (unpaired) electrons. The van der Waals surface area contributed by atoms with Crippen molar-refractivity contribution >= 4 is 28.4 Å². The molecule has 0 spiro atoms. The number of benzene rings is 3. The average Bonchev–Trinajstić information content (AvgIpc) is 3.39. The van der Waals surface area contributed by atoms with E-state index in [1.807, 2.05) is 34.9 Å². The van der Waals surface area contributed by atoms with Crippen LogP contribution >= 0.6 is 0 Å². The molecule has 4 aromatic rings. The second-order valence-corrected chi connectivity index (χ2v) is 7.85. The van der Waals surface area contributed by atoms with Crippen LogP contribution in [-0.4, -0.2) is 35.1 Å². The molecule has 33 heavy (non-hydrogen) atoms. The summed E-state index contributed by atoms with van der Waals surface area (Å²) in [6, 6.07) is 24.0. The summed E-state index contributed by atoms with van der Waals surface area (Å²) in [6.07, 6.45) is 1.79. The highest BCUT2D eigenvalue weighted by Crippen LogP contribution is 2.33. The van der Waals surface area contributed by atoms with Gasteiger partial charge < -0.3 is 19.1 Å². The van der Waals surface area contributed by atoms with Crippen LogP contribution in [-0.2, 0) is 20.9 Å². The molecule has 2 heterocycles. The van der Waals surface area contributed by atoms with Crippen LogP contribution in [0.2, 0.25) is 0 Å². The molecule has 0 saturated carbocycles. The van der Waals surface area contributed by atoms with Gasteiger partial charge in [0.15, 0.2) is 0 Å². The lowest BCUT2D eigenvalue weighted by molar-refractivity contribution is -0.146. The highest BCUT2D eigenvalue weighted by Gasteiger charge is 2.33. The predicted molar refractivity (Wildman–Crippen MR) is 125 cm³/mol. The van der Waals surface area contributed by atoms with E-state index in [0.717, 1.165) is 22.2 Å². The second-order valence-electron chi connectivity index (χ2n) is 7.85. The van der Waals surface area contributed by atoms with Crippen LogP contribution in [0.1, 0.15) is 11.1 Å². The molecule has 0 amide bonds. The number of hydrogen-bond donors (Lipinski definition) is 1. The fraction of sp³-hybridized carbons (Fsp3) is 0.111. The lowest BCUT2D eigenvalue weighted by Gasteiger charge is -2.08. The number of aliphatic hydroxyl groups excluding tert-OH is 1. The van der Waals surface area contributed by atoms with Gasteiger partial charge in [0.05, 0.1) is 12.7 Å². The summed E-state index contributed by atoms with van der Waals surface area (Å²) in [7, 11) is 1.57. The number of carbonyl (C=O) groups is 2. The Labute approximate surface area is 190 Å². The first kappa shape index (κ1) is 20.6. The number of Topliss-reactive ketones (excluding diaryl/α,β-unsaturated/α-hetero) is 1. The fourth-order valence-electron chi connectivity index (χ4n) is 4.08.